The number of benzene rings is 1. The van der Waals surface area contributed by atoms with Gasteiger partial charge >= 0.3 is 0 Å². The summed E-state index contributed by atoms with van der Waals surface area (Å²) in [5, 5.41) is 21.9. The number of rotatable bonds is 5. The summed E-state index contributed by atoms with van der Waals surface area (Å²) in [7, 11) is 0. The number of hydrogen-bond donors (Lipinski definition) is 1. The molecule has 0 spiro atoms. The Bertz CT molecular complexity index is 1060. The van der Waals surface area contributed by atoms with Crippen LogP contribution < -0.4 is 4.90 Å². The minimum atomic E-state index is -0.753. The van der Waals surface area contributed by atoms with E-state index in [1.807, 2.05) is 44.2 Å². The van der Waals surface area contributed by atoms with Gasteiger partial charge in [0.15, 0.2) is 5.76 Å². The van der Waals surface area contributed by atoms with E-state index in [1.54, 1.807) is 17.5 Å². The van der Waals surface area contributed by atoms with Crippen molar-refractivity contribution in [3.8, 4) is 0 Å². The Labute approximate surface area is 169 Å². The molecule has 1 N–H and O–H groups in total. The molecule has 8 heteroatoms. The van der Waals surface area contributed by atoms with Crippen molar-refractivity contribution >= 4 is 39.5 Å². The van der Waals surface area contributed by atoms with Gasteiger partial charge < -0.3 is 5.11 Å². The Balaban J connectivity index is 1.85. The van der Waals surface area contributed by atoms with Crippen LogP contribution in [0.25, 0.3) is 0 Å². The minimum absolute atomic E-state index is 0.0694. The van der Waals surface area contributed by atoms with E-state index in [9.17, 15) is 14.7 Å². The summed E-state index contributed by atoms with van der Waals surface area (Å²) in [5.41, 5.74) is 0.793. The predicted molar refractivity (Wildman–Crippen MR) is 109 cm³/mol. The first kappa shape index (κ1) is 18.5. The molecule has 0 aliphatic carbocycles. The molecule has 1 aliphatic heterocycles. The molecule has 1 aliphatic rings. The topological polar surface area (TPSA) is 83.4 Å². The number of carbonyl (C=O) groups excluding carboxylic acids is 2. The second kappa shape index (κ2) is 7.29. The van der Waals surface area contributed by atoms with Crippen LogP contribution in [0.1, 0.15) is 46.0 Å². The lowest BCUT2D eigenvalue weighted by Gasteiger charge is -2.23. The SMILES string of the molecule is CC(C)c1nnc(N2C(=O)C(O)=C(C(=O)c3cccs3)[C@@H]2c2ccccc2)s1. The van der Waals surface area contributed by atoms with Crippen LogP contribution in [0.3, 0.4) is 0 Å². The van der Waals surface area contributed by atoms with Crippen molar-refractivity contribution in [1.29, 1.82) is 0 Å². The molecular weight excluding hydrogens is 394 g/mol. The average molecular weight is 412 g/mol. The maximum absolute atomic E-state index is 13.1. The van der Waals surface area contributed by atoms with Crippen LogP contribution in [0.15, 0.2) is 59.2 Å². The van der Waals surface area contributed by atoms with Gasteiger partial charge in [0.2, 0.25) is 10.9 Å². The number of Topliss-reactive ketones (excluding diaryl/α,β-unsaturated/α-hetero) is 1. The fourth-order valence-electron chi connectivity index (χ4n) is 3.08. The molecule has 0 saturated carbocycles. The molecule has 1 amide bonds. The molecule has 1 atom stereocenters. The van der Waals surface area contributed by atoms with Crippen molar-refractivity contribution in [2.24, 2.45) is 0 Å². The molecule has 4 rings (SSSR count). The van der Waals surface area contributed by atoms with E-state index < -0.39 is 17.7 Å². The van der Waals surface area contributed by atoms with Gasteiger partial charge in [-0.25, -0.2) is 0 Å². The fourth-order valence-corrected chi connectivity index (χ4v) is 4.63. The normalized spacial score (nSPS) is 17.0. The Morgan fingerprint density at radius 2 is 1.89 bits per heavy atom. The first-order valence-electron chi connectivity index (χ1n) is 8.72. The zero-order valence-corrected chi connectivity index (χ0v) is 16.8. The highest BCUT2D eigenvalue weighted by Gasteiger charge is 2.46. The third-order valence-corrected chi connectivity index (χ3v) is 6.53. The van der Waals surface area contributed by atoms with E-state index in [4.69, 9.17) is 0 Å². The van der Waals surface area contributed by atoms with Crippen molar-refractivity contribution in [2.45, 2.75) is 25.8 Å². The molecule has 6 nitrogen and oxygen atoms in total. The first-order valence-corrected chi connectivity index (χ1v) is 10.4. The van der Waals surface area contributed by atoms with Gasteiger partial charge in [0.1, 0.15) is 5.01 Å². The van der Waals surface area contributed by atoms with Crippen molar-refractivity contribution in [3.05, 3.63) is 74.6 Å². The number of hydrogen-bond acceptors (Lipinski definition) is 7. The highest BCUT2D eigenvalue weighted by Crippen LogP contribution is 2.43. The molecule has 3 aromatic rings. The molecule has 0 radical (unpaired) electrons. The number of nitrogens with zero attached hydrogens (tertiary/aromatic N) is 3. The summed E-state index contributed by atoms with van der Waals surface area (Å²) >= 11 is 2.56. The predicted octanol–water partition coefficient (Wildman–Crippen LogP) is 4.51. The van der Waals surface area contributed by atoms with Crippen LogP contribution in [-0.2, 0) is 4.79 Å². The summed E-state index contributed by atoms with van der Waals surface area (Å²) < 4.78 is 0. The first-order chi connectivity index (χ1) is 13.5. The number of amides is 1. The minimum Gasteiger partial charge on any atom is -0.503 e. The van der Waals surface area contributed by atoms with Crippen molar-refractivity contribution in [1.82, 2.24) is 10.2 Å². The number of thiophene rings is 1. The Kier molecular flexibility index (Phi) is 4.82. The standard InChI is InChI=1S/C20H17N3O3S2/c1-11(2)18-21-22-20(28-18)23-15(12-7-4-3-5-8-12)14(17(25)19(23)26)16(24)13-9-6-10-27-13/h3-11,15,25H,1-2H3/t15-/m0/s1. The molecule has 2 aromatic heterocycles. The van der Waals surface area contributed by atoms with Gasteiger partial charge in [-0.1, -0.05) is 61.6 Å². The highest BCUT2D eigenvalue weighted by atomic mass is 32.1. The number of aromatic nitrogens is 2. The van der Waals surface area contributed by atoms with Gasteiger partial charge in [-0.2, -0.15) is 0 Å². The monoisotopic (exact) mass is 411 g/mol. The Morgan fingerprint density at radius 1 is 1.14 bits per heavy atom. The van der Waals surface area contributed by atoms with Crippen LogP contribution in [0.2, 0.25) is 0 Å². The maximum atomic E-state index is 13.1. The van der Waals surface area contributed by atoms with E-state index >= 15 is 0 Å². The summed E-state index contributed by atoms with van der Waals surface area (Å²) in [6, 6.07) is 11.9. The van der Waals surface area contributed by atoms with Crippen molar-refractivity contribution in [2.75, 3.05) is 4.90 Å². The van der Waals surface area contributed by atoms with E-state index in [-0.39, 0.29) is 17.3 Å². The lowest BCUT2D eigenvalue weighted by atomic mass is 9.96. The third-order valence-electron chi connectivity index (χ3n) is 4.44. The number of carbonyl (C=O) groups is 2. The van der Waals surface area contributed by atoms with Crippen LogP contribution in [0, 0.1) is 0 Å². The van der Waals surface area contributed by atoms with E-state index in [0.29, 0.717) is 10.0 Å². The fraction of sp³-hybridized carbons (Fsp3) is 0.200. The second-order valence-corrected chi connectivity index (χ2v) is 8.57. The molecular formula is C20H17N3O3S2. The van der Waals surface area contributed by atoms with Gasteiger partial charge in [-0.15, -0.1) is 21.5 Å². The van der Waals surface area contributed by atoms with Crippen molar-refractivity contribution < 1.29 is 14.7 Å². The molecule has 28 heavy (non-hydrogen) atoms. The second-order valence-electron chi connectivity index (χ2n) is 6.63. The number of anilines is 1. The van der Waals surface area contributed by atoms with Gasteiger partial charge in [0, 0.05) is 5.92 Å². The smallest absolute Gasteiger partial charge is 0.296 e. The molecule has 0 unspecified atom stereocenters. The van der Waals surface area contributed by atoms with Gasteiger partial charge in [-0.3, -0.25) is 14.5 Å². The quantitative estimate of drug-likeness (QED) is 0.625. The van der Waals surface area contributed by atoms with E-state index in [0.717, 1.165) is 10.6 Å². The molecule has 0 saturated heterocycles. The largest absolute Gasteiger partial charge is 0.503 e. The molecule has 0 bridgehead atoms. The Morgan fingerprint density at radius 3 is 2.50 bits per heavy atom. The average Bonchev–Trinajstić information content (AvgIpc) is 3.43. The summed E-state index contributed by atoms with van der Waals surface area (Å²) in [6.45, 7) is 3.98. The molecule has 3 heterocycles. The van der Waals surface area contributed by atoms with E-state index in [1.165, 1.54) is 27.6 Å². The number of aliphatic hydroxyl groups excluding tert-OH is 1. The lowest BCUT2D eigenvalue weighted by Crippen LogP contribution is -2.30. The molecule has 1 aromatic carbocycles. The lowest BCUT2D eigenvalue weighted by molar-refractivity contribution is -0.117. The van der Waals surface area contributed by atoms with Crippen LogP contribution in [-0.4, -0.2) is 27.0 Å². The van der Waals surface area contributed by atoms with Gasteiger partial charge in [-0.05, 0) is 17.0 Å². The van der Waals surface area contributed by atoms with E-state index in [2.05, 4.69) is 10.2 Å². The van der Waals surface area contributed by atoms with Crippen molar-refractivity contribution in [3.63, 3.8) is 0 Å². The van der Waals surface area contributed by atoms with Crippen LogP contribution in [0.5, 0.6) is 0 Å². The number of ketones is 1. The van der Waals surface area contributed by atoms with Gasteiger partial charge in [0.25, 0.3) is 5.91 Å². The van der Waals surface area contributed by atoms with Crippen LogP contribution in [0.4, 0.5) is 5.13 Å². The highest BCUT2D eigenvalue weighted by molar-refractivity contribution is 7.15. The Hall–Kier alpha value is -2.84. The zero-order valence-electron chi connectivity index (χ0n) is 15.2. The van der Waals surface area contributed by atoms with Gasteiger partial charge in [0.05, 0.1) is 16.5 Å². The molecule has 0 fully saturated rings. The third kappa shape index (κ3) is 3.04. The maximum Gasteiger partial charge on any atom is 0.296 e. The summed E-state index contributed by atoms with van der Waals surface area (Å²) in [5.74, 6) is -1.37. The molecule has 142 valence electrons. The summed E-state index contributed by atoms with van der Waals surface area (Å²) in [6.07, 6.45) is 0. The summed E-state index contributed by atoms with van der Waals surface area (Å²) in [4.78, 5) is 27.9. The number of aliphatic hydroxyl groups is 1. The zero-order chi connectivity index (χ0) is 19.8. The van der Waals surface area contributed by atoms with Crippen LogP contribution >= 0.6 is 22.7 Å².